The Kier molecular flexibility index (Phi) is 3.53. The van der Waals surface area contributed by atoms with Gasteiger partial charge in [-0.1, -0.05) is 12.8 Å². The van der Waals surface area contributed by atoms with E-state index in [1.807, 2.05) is 0 Å². The third-order valence-corrected chi connectivity index (χ3v) is 2.24. The number of imide groups is 1. The van der Waals surface area contributed by atoms with E-state index in [0.717, 1.165) is 30.6 Å². The topological polar surface area (TPSA) is 37.4 Å². The molecule has 0 aliphatic carbocycles. The van der Waals surface area contributed by atoms with Gasteiger partial charge in [0, 0.05) is 13.0 Å². The zero-order valence-corrected chi connectivity index (χ0v) is 7.64. The molecule has 12 heavy (non-hydrogen) atoms. The maximum absolute atomic E-state index is 11.2. The van der Waals surface area contributed by atoms with Crippen LogP contribution < -0.4 is 0 Å². The van der Waals surface area contributed by atoms with Crippen LogP contribution in [0.15, 0.2) is 0 Å². The van der Waals surface area contributed by atoms with Crippen molar-refractivity contribution in [3.05, 3.63) is 0 Å². The van der Waals surface area contributed by atoms with Crippen molar-refractivity contribution >= 4 is 22.9 Å². The van der Waals surface area contributed by atoms with Crippen molar-refractivity contribution in [2.24, 2.45) is 0 Å². The number of likely N-dealkylation sites (tertiary alicyclic amines) is 1. The second-order valence-corrected chi connectivity index (χ2v) is 3.29. The highest BCUT2D eigenvalue weighted by molar-refractivity contribution is 6.64. The third-order valence-electron chi connectivity index (χ3n) is 2.04. The predicted molar refractivity (Wildman–Crippen MR) is 46.0 cm³/mol. The number of carbonyl (C=O) groups is 2. The Labute approximate surface area is 76.7 Å². The Bertz CT molecular complexity index is 193. The average molecular weight is 190 g/mol. The molecule has 1 rings (SSSR count). The summed E-state index contributed by atoms with van der Waals surface area (Å²) in [6.07, 6.45) is 4.37. The van der Waals surface area contributed by atoms with Crippen molar-refractivity contribution in [3.63, 3.8) is 0 Å². The molecule has 2 amide bonds. The van der Waals surface area contributed by atoms with Crippen molar-refractivity contribution < 1.29 is 9.59 Å². The molecule has 0 spiro atoms. The van der Waals surface area contributed by atoms with Crippen LogP contribution in [0.1, 0.15) is 32.1 Å². The number of amides is 2. The average Bonchev–Trinajstić information content (AvgIpc) is 1.96. The van der Waals surface area contributed by atoms with E-state index in [9.17, 15) is 9.59 Å². The molecule has 68 valence electrons. The first-order valence-electron chi connectivity index (χ1n) is 4.21. The van der Waals surface area contributed by atoms with E-state index in [1.165, 1.54) is 0 Å². The molecule has 1 heterocycles. The summed E-state index contributed by atoms with van der Waals surface area (Å²) in [4.78, 5) is 23.1. The largest absolute Gasteiger partial charge is 0.323 e. The van der Waals surface area contributed by atoms with Gasteiger partial charge in [-0.15, -0.1) is 0 Å². The molecule has 1 aliphatic heterocycles. The van der Waals surface area contributed by atoms with E-state index in [1.54, 1.807) is 0 Å². The molecule has 0 unspecified atom stereocenters. The minimum Gasteiger partial charge on any atom is -0.274 e. The molecular formula is C8H12ClNO2. The molecule has 3 nitrogen and oxygen atoms in total. The second-order valence-electron chi connectivity index (χ2n) is 2.96. The molecule has 0 atom stereocenters. The SMILES string of the molecule is O=C(Cl)N1CCCCCCC1=O. The van der Waals surface area contributed by atoms with Crippen LogP contribution in [0.5, 0.6) is 0 Å². The zero-order valence-electron chi connectivity index (χ0n) is 6.88. The molecule has 4 heteroatoms. The lowest BCUT2D eigenvalue weighted by Gasteiger charge is -2.19. The van der Waals surface area contributed by atoms with Gasteiger partial charge >= 0.3 is 5.37 Å². The third kappa shape index (κ3) is 2.48. The minimum atomic E-state index is -0.637. The van der Waals surface area contributed by atoms with Gasteiger partial charge in [-0.2, -0.15) is 0 Å². The predicted octanol–water partition coefficient (Wildman–Crippen LogP) is 2.14. The van der Waals surface area contributed by atoms with Crippen molar-refractivity contribution in [2.45, 2.75) is 32.1 Å². The van der Waals surface area contributed by atoms with Gasteiger partial charge < -0.3 is 0 Å². The summed E-state index contributed by atoms with van der Waals surface area (Å²) in [6, 6.07) is 0. The molecule has 1 fully saturated rings. The van der Waals surface area contributed by atoms with Crippen LogP contribution in [0.3, 0.4) is 0 Å². The first-order valence-corrected chi connectivity index (χ1v) is 4.59. The van der Waals surface area contributed by atoms with Crippen LogP contribution in [0, 0.1) is 0 Å². The van der Waals surface area contributed by atoms with E-state index in [0.29, 0.717) is 13.0 Å². The number of nitrogens with zero attached hydrogens (tertiary/aromatic N) is 1. The van der Waals surface area contributed by atoms with E-state index in [2.05, 4.69) is 0 Å². The summed E-state index contributed by atoms with van der Waals surface area (Å²) < 4.78 is 0. The maximum atomic E-state index is 11.2. The molecule has 1 aliphatic rings. The number of hydrogen-bond acceptors (Lipinski definition) is 2. The molecule has 0 N–H and O–H groups in total. The Morgan fingerprint density at radius 1 is 1.25 bits per heavy atom. The quantitative estimate of drug-likeness (QED) is 0.433. The Morgan fingerprint density at radius 3 is 2.58 bits per heavy atom. The van der Waals surface area contributed by atoms with Gasteiger partial charge in [0.2, 0.25) is 5.91 Å². The molecule has 1 saturated heterocycles. The van der Waals surface area contributed by atoms with Crippen molar-refractivity contribution in [1.29, 1.82) is 0 Å². The fraction of sp³-hybridized carbons (Fsp3) is 0.750. The minimum absolute atomic E-state index is 0.130. The molecule has 0 radical (unpaired) electrons. The van der Waals surface area contributed by atoms with E-state index < -0.39 is 5.37 Å². The highest BCUT2D eigenvalue weighted by atomic mass is 35.5. The van der Waals surface area contributed by atoms with E-state index >= 15 is 0 Å². The molecule has 0 aromatic carbocycles. The Balaban J connectivity index is 2.55. The van der Waals surface area contributed by atoms with Crippen molar-refractivity contribution in [1.82, 2.24) is 4.90 Å². The fourth-order valence-electron chi connectivity index (χ4n) is 1.35. The number of rotatable bonds is 0. The van der Waals surface area contributed by atoms with Crippen LogP contribution in [0.2, 0.25) is 0 Å². The van der Waals surface area contributed by atoms with Crippen LogP contribution in [-0.4, -0.2) is 22.7 Å². The van der Waals surface area contributed by atoms with Gasteiger partial charge in [-0.3, -0.25) is 14.5 Å². The summed E-state index contributed by atoms with van der Waals surface area (Å²) in [7, 11) is 0. The highest BCUT2D eigenvalue weighted by Gasteiger charge is 2.19. The Hall–Kier alpha value is -0.570. The lowest BCUT2D eigenvalue weighted by molar-refractivity contribution is -0.128. The van der Waals surface area contributed by atoms with Crippen LogP contribution in [0.4, 0.5) is 4.79 Å². The second kappa shape index (κ2) is 4.45. The monoisotopic (exact) mass is 189 g/mol. The van der Waals surface area contributed by atoms with Gasteiger partial charge in [0.05, 0.1) is 0 Å². The molecule has 0 bridgehead atoms. The first-order chi connectivity index (χ1) is 5.72. The number of carbonyl (C=O) groups excluding carboxylic acids is 2. The zero-order chi connectivity index (χ0) is 8.97. The maximum Gasteiger partial charge on any atom is 0.323 e. The molecule has 0 saturated carbocycles. The Morgan fingerprint density at radius 2 is 1.92 bits per heavy atom. The van der Waals surface area contributed by atoms with E-state index in [-0.39, 0.29) is 5.91 Å². The molecule has 0 aromatic rings. The standard InChI is InChI=1S/C8H12ClNO2/c9-8(12)10-6-4-2-1-3-5-7(10)11/h1-6H2. The number of hydrogen-bond donors (Lipinski definition) is 0. The smallest absolute Gasteiger partial charge is 0.274 e. The van der Waals surface area contributed by atoms with Gasteiger partial charge in [0.1, 0.15) is 0 Å². The van der Waals surface area contributed by atoms with Gasteiger partial charge in [0.15, 0.2) is 0 Å². The van der Waals surface area contributed by atoms with Crippen LogP contribution in [-0.2, 0) is 4.79 Å². The van der Waals surface area contributed by atoms with Gasteiger partial charge in [0.25, 0.3) is 0 Å². The van der Waals surface area contributed by atoms with Crippen LogP contribution >= 0.6 is 11.6 Å². The fourth-order valence-corrected chi connectivity index (χ4v) is 1.52. The van der Waals surface area contributed by atoms with Crippen LogP contribution in [0.25, 0.3) is 0 Å². The summed E-state index contributed by atoms with van der Waals surface area (Å²) >= 11 is 5.24. The number of halogens is 1. The van der Waals surface area contributed by atoms with Crippen molar-refractivity contribution in [2.75, 3.05) is 6.54 Å². The van der Waals surface area contributed by atoms with Gasteiger partial charge in [-0.05, 0) is 24.4 Å². The van der Waals surface area contributed by atoms with Gasteiger partial charge in [-0.25, -0.2) is 0 Å². The first kappa shape index (κ1) is 9.52. The highest BCUT2D eigenvalue weighted by Crippen LogP contribution is 2.12. The lowest BCUT2D eigenvalue weighted by atomic mass is 10.1. The lowest BCUT2D eigenvalue weighted by Crippen LogP contribution is -2.34. The molecule has 0 aromatic heterocycles. The van der Waals surface area contributed by atoms with E-state index in [4.69, 9.17) is 11.6 Å². The summed E-state index contributed by atoms with van der Waals surface area (Å²) in [5.74, 6) is -0.130. The molecular weight excluding hydrogens is 178 g/mol. The summed E-state index contributed by atoms with van der Waals surface area (Å²) in [6.45, 7) is 0.487. The summed E-state index contributed by atoms with van der Waals surface area (Å²) in [5, 5.41) is -0.637. The normalized spacial score (nSPS) is 20.1. The van der Waals surface area contributed by atoms with Crippen molar-refractivity contribution in [3.8, 4) is 0 Å². The summed E-state index contributed by atoms with van der Waals surface area (Å²) in [5.41, 5.74) is 0.